The summed E-state index contributed by atoms with van der Waals surface area (Å²) in [6.45, 7) is 6.93. The van der Waals surface area contributed by atoms with E-state index in [1.54, 1.807) is 0 Å². The van der Waals surface area contributed by atoms with E-state index in [1.807, 2.05) is 24.3 Å². The van der Waals surface area contributed by atoms with Crippen LogP contribution in [0.1, 0.15) is 29.9 Å². The van der Waals surface area contributed by atoms with Gasteiger partial charge in [0.05, 0.1) is 112 Å². The number of carboxylic acid groups (broad SMARTS) is 1. The van der Waals surface area contributed by atoms with E-state index < -0.39 is 30.2 Å². The van der Waals surface area contributed by atoms with Crippen LogP contribution in [-0.4, -0.2) is 154 Å². The van der Waals surface area contributed by atoms with Gasteiger partial charge in [-0.25, -0.2) is 9.59 Å². The fraction of sp³-hybridized carbons (Fsp3) is 0.579. The van der Waals surface area contributed by atoms with Crippen molar-refractivity contribution in [2.45, 2.75) is 18.8 Å². The number of hydrogen-bond donors (Lipinski definition) is 2. The van der Waals surface area contributed by atoms with Crippen LogP contribution in [0.4, 0.5) is 4.79 Å². The van der Waals surface area contributed by atoms with Crippen LogP contribution in [0.5, 0.6) is 0 Å². The third-order valence-corrected chi connectivity index (χ3v) is 7.75. The number of carboxylic acids is 1. The van der Waals surface area contributed by atoms with E-state index in [-0.39, 0.29) is 32.2 Å². The SMILES string of the molecule is O=C(CCC(=O)C(=O)O)OCCOCCOCCOCCOCCOCCOCCOCCOCCNC(=O)OCC1c2ccccc2-c2ccccc21. The molecule has 1 amide bonds. The first-order chi connectivity index (χ1) is 26.5. The predicted octanol–water partition coefficient (Wildman–Crippen LogP) is 2.64. The van der Waals surface area contributed by atoms with E-state index in [0.29, 0.717) is 106 Å². The molecule has 16 nitrogen and oxygen atoms in total. The number of nitrogens with one attached hydrogen (secondary N) is 1. The summed E-state index contributed by atoms with van der Waals surface area (Å²) >= 11 is 0. The zero-order valence-electron chi connectivity index (χ0n) is 30.7. The minimum absolute atomic E-state index is 0.00735. The van der Waals surface area contributed by atoms with Gasteiger partial charge in [-0.15, -0.1) is 0 Å². The maximum absolute atomic E-state index is 12.2. The van der Waals surface area contributed by atoms with Crippen LogP contribution in [-0.2, 0) is 61.8 Å². The highest BCUT2D eigenvalue weighted by molar-refractivity contribution is 6.32. The van der Waals surface area contributed by atoms with Gasteiger partial charge >= 0.3 is 18.0 Å². The van der Waals surface area contributed by atoms with Crippen LogP contribution in [0.2, 0.25) is 0 Å². The monoisotopic (exact) mass is 763 g/mol. The molecule has 0 fully saturated rings. The van der Waals surface area contributed by atoms with Gasteiger partial charge in [-0.3, -0.25) is 9.59 Å². The van der Waals surface area contributed by atoms with E-state index in [2.05, 4.69) is 29.6 Å². The maximum atomic E-state index is 12.2. The molecule has 0 saturated heterocycles. The Labute approximate surface area is 315 Å². The number of ether oxygens (including phenoxy) is 10. The second-order valence-corrected chi connectivity index (χ2v) is 11.6. The lowest BCUT2D eigenvalue weighted by molar-refractivity contribution is -0.151. The Balaban J connectivity index is 0.967. The number of alkyl carbamates (subject to hydrolysis) is 1. The fourth-order valence-electron chi connectivity index (χ4n) is 5.13. The second-order valence-electron chi connectivity index (χ2n) is 11.6. The summed E-state index contributed by atoms with van der Waals surface area (Å²) in [6, 6.07) is 16.4. The molecule has 0 bridgehead atoms. The number of amides is 1. The zero-order chi connectivity index (χ0) is 38.5. The molecule has 54 heavy (non-hydrogen) atoms. The number of fused-ring (bicyclic) bond motifs is 3. The van der Waals surface area contributed by atoms with E-state index in [1.165, 1.54) is 22.3 Å². The van der Waals surface area contributed by atoms with Crippen molar-refractivity contribution in [3.05, 3.63) is 59.7 Å². The summed E-state index contributed by atoms with van der Waals surface area (Å²) in [5.41, 5.74) is 4.73. The Morgan fingerprint density at radius 1 is 0.500 bits per heavy atom. The van der Waals surface area contributed by atoms with Gasteiger partial charge in [0, 0.05) is 18.9 Å². The van der Waals surface area contributed by atoms with Crippen LogP contribution in [0.3, 0.4) is 0 Å². The van der Waals surface area contributed by atoms with Crippen molar-refractivity contribution < 1.29 is 71.7 Å². The number of carbonyl (C=O) groups is 4. The van der Waals surface area contributed by atoms with Crippen LogP contribution < -0.4 is 5.32 Å². The lowest BCUT2D eigenvalue weighted by Crippen LogP contribution is -2.29. The summed E-state index contributed by atoms with van der Waals surface area (Å²) in [5.74, 6) is -3.23. The molecule has 0 heterocycles. The van der Waals surface area contributed by atoms with E-state index in [4.69, 9.17) is 52.5 Å². The van der Waals surface area contributed by atoms with Gasteiger partial charge in [0.1, 0.15) is 13.2 Å². The summed E-state index contributed by atoms with van der Waals surface area (Å²) < 4.78 is 53.8. The van der Waals surface area contributed by atoms with Crippen molar-refractivity contribution in [3.8, 4) is 11.1 Å². The number of benzene rings is 2. The lowest BCUT2D eigenvalue weighted by atomic mass is 9.98. The normalized spacial score (nSPS) is 11.9. The molecule has 0 radical (unpaired) electrons. The minimum atomic E-state index is -1.57. The largest absolute Gasteiger partial charge is 0.476 e. The molecule has 0 atom stereocenters. The zero-order valence-corrected chi connectivity index (χ0v) is 30.7. The molecule has 0 aliphatic heterocycles. The van der Waals surface area contributed by atoms with Crippen molar-refractivity contribution in [3.63, 3.8) is 0 Å². The number of aliphatic carboxylic acids is 1. The molecular formula is C38H53NO15. The van der Waals surface area contributed by atoms with Crippen LogP contribution in [0, 0.1) is 0 Å². The third-order valence-electron chi connectivity index (χ3n) is 7.75. The van der Waals surface area contributed by atoms with Gasteiger partial charge in [0.2, 0.25) is 5.78 Å². The highest BCUT2D eigenvalue weighted by Crippen LogP contribution is 2.44. The Morgan fingerprint density at radius 3 is 1.31 bits per heavy atom. The van der Waals surface area contributed by atoms with Crippen LogP contribution >= 0.6 is 0 Å². The molecule has 1 aliphatic rings. The molecule has 1 aliphatic carbocycles. The average molecular weight is 764 g/mol. The number of carbonyl (C=O) groups excluding carboxylic acids is 3. The predicted molar refractivity (Wildman–Crippen MR) is 192 cm³/mol. The standard InChI is InChI=1S/C38H53NO15/c40-35(37(42)43)9-10-36(41)53-28-27-52-26-25-51-24-23-50-22-21-49-20-19-48-18-17-47-16-15-46-14-13-45-12-11-39-38(44)54-29-34-32-7-3-1-5-30(32)31-6-2-4-8-33(31)34/h1-8,34H,9-29H2,(H,39,44)(H,42,43). The van der Waals surface area contributed by atoms with Crippen molar-refractivity contribution in [2.24, 2.45) is 0 Å². The molecule has 16 heteroatoms. The molecule has 0 saturated carbocycles. The van der Waals surface area contributed by atoms with Gasteiger partial charge in [-0.05, 0) is 22.3 Å². The summed E-state index contributed by atoms with van der Waals surface area (Å²) in [6.07, 6.45) is -1.14. The topological polar surface area (TPSA) is 193 Å². The molecular weight excluding hydrogens is 710 g/mol. The number of Topliss-reactive ketones (excluding diaryl/α,β-unsaturated/α-hetero) is 1. The third kappa shape index (κ3) is 18.9. The van der Waals surface area contributed by atoms with Crippen molar-refractivity contribution in [1.82, 2.24) is 5.32 Å². The number of rotatable bonds is 33. The van der Waals surface area contributed by atoms with E-state index in [9.17, 15) is 19.2 Å². The molecule has 2 aromatic rings. The van der Waals surface area contributed by atoms with Crippen molar-refractivity contribution in [1.29, 1.82) is 0 Å². The number of ketones is 1. The van der Waals surface area contributed by atoms with E-state index >= 15 is 0 Å². The molecule has 2 N–H and O–H groups in total. The molecule has 0 unspecified atom stereocenters. The Hall–Kier alpha value is -4.00. The van der Waals surface area contributed by atoms with Gasteiger partial charge < -0.3 is 57.8 Å². The first-order valence-corrected chi connectivity index (χ1v) is 18.1. The Kier molecular flexibility index (Phi) is 23.4. The van der Waals surface area contributed by atoms with Gasteiger partial charge in [0.25, 0.3) is 0 Å². The molecule has 300 valence electrons. The van der Waals surface area contributed by atoms with E-state index in [0.717, 1.165) is 0 Å². The smallest absolute Gasteiger partial charge is 0.407 e. The summed E-state index contributed by atoms with van der Waals surface area (Å²) in [5, 5.41) is 11.2. The molecule has 0 aromatic heterocycles. The Bertz CT molecular complexity index is 1330. The summed E-state index contributed by atoms with van der Waals surface area (Å²) in [4.78, 5) is 44.9. The first kappa shape index (κ1) is 44.4. The van der Waals surface area contributed by atoms with Crippen LogP contribution in [0.25, 0.3) is 11.1 Å². The first-order valence-electron chi connectivity index (χ1n) is 18.1. The number of hydrogen-bond acceptors (Lipinski definition) is 14. The minimum Gasteiger partial charge on any atom is -0.476 e. The average Bonchev–Trinajstić information content (AvgIpc) is 3.50. The van der Waals surface area contributed by atoms with Gasteiger partial charge in [-0.2, -0.15) is 0 Å². The van der Waals surface area contributed by atoms with Gasteiger partial charge in [0.15, 0.2) is 0 Å². The highest BCUT2D eigenvalue weighted by Gasteiger charge is 2.29. The van der Waals surface area contributed by atoms with Crippen molar-refractivity contribution >= 4 is 23.8 Å². The fourth-order valence-corrected chi connectivity index (χ4v) is 5.13. The van der Waals surface area contributed by atoms with Crippen molar-refractivity contribution in [2.75, 3.05) is 125 Å². The van der Waals surface area contributed by atoms with Crippen LogP contribution in [0.15, 0.2) is 48.5 Å². The van der Waals surface area contributed by atoms with Gasteiger partial charge in [-0.1, -0.05) is 48.5 Å². The quantitative estimate of drug-likeness (QED) is 0.0612. The Morgan fingerprint density at radius 2 is 0.889 bits per heavy atom. The molecule has 3 rings (SSSR count). The lowest BCUT2D eigenvalue weighted by Gasteiger charge is -2.14. The number of esters is 1. The summed E-state index contributed by atoms with van der Waals surface area (Å²) in [7, 11) is 0. The molecule has 2 aromatic carbocycles. The molecule has 0 spiro atoms. The second kappa shape index (κ2) is 28.4. The maximum Gasteiger partial charge on any atom is 0.407 e. The highest BCUT2D eigenvalue weighted by atomic mass is 16.6.